The van der Waals surface area contributed by atoms with Crippen molar-refractivity contribution in [3.63, 3.8) is 0 Å². The summed E-state index contributed by atoms with van der Waals surface area (Å²) < 4.78 is 0. The van der Waals surface area contributed by atoms with E-state index in [9.17, 15) is 0 Å². The smallest absolute Gasteiger partial charge is 0.0154 e. The standard InChI is InChI=1S/C8H10.C3H8.C2H6/c1-3-8-6-4-5-7(8)2;1-3-2;1-2/h3,5-6H,1,4H2,2H3;3H2,1-2H3;1-2H3. The van der Waals surface area contributed by atoms with Gasteiger partial charge in [-0.1, -0.05) is 58.9 Å². The highest BCUT2D eigenvalue weighted by atomic mass is 14.0. The molecule has 0 saturated carbocycles. The lowest BCUT2D eigenvalue weighted by atomic mass is 10.2. The van der Waals surface area contributed by atoms with E-state index in [1.165, 1.54) is 17.6 Å². The highest BCUT2D eigenvalue weighted by Gasteiger charge is 1.98. The van der Waals surface area contributed by atoms with E-state index in [1.54, 1.807) is 0 Å². The maximum absolute atomic E-state index is 3.68. The van der Waals surface area contributed by atoms with Crippen molar-refractivity contribution in [2.75, 3.05) is 0 Å². The molecule has 0 aromatic rings. The maximum atomic E-state index is 3.68. The number of hydrogen-bond acceptors (Lipinski definition) is 0. The Hall–Kier alpha value is -0.780. The molecule has 0 N–H and O–H groups in total. The lowest BCUT2D eigenvalue weighted by molar-refractivity contribution is 1.09. The quantitative estimate of drug-likeness (QED) is 0.539. The minimum atomic E-state index is 1.09. The van der Waals surface area contributed by atoms with E-state index >= 15 is 0 Å². The molecule has 0 saturated heterocycles. The van der Waals surface area contributed by atoms with E-state index in [0.29, 0.717) is 0 Å². The van der Waals surface area contributed by atoms with Crippen LogP contribution in [0.15, 0.2) is 36.0 Å². The van der Waals surface area contributed by atoms with E-state index < -0.39 is 0 Å². The number of rotatable bonds is 1. The summed E-state index contributed by atoms with van der Waals surface area (Å²) in [5.74, 6) is 0. The summed E-state index contributed by atoms with van der Waals surface area (Å²) in [5.41, 5.74) is 2.66. The first kappa shape index (κ1) is 14.7. The largest absolute Gasteiger partial charge is 0.0985 e. The highest BCUT2D eigenvalue weighted by molar-refractivity contribution is 5.42. The van der Waals surface area contributed by atoms with Gasteiger partial charge < -0.3 is 0 Å². The topological polar surface area (TPSA) is 0 Å². The van der Waals surface area contributed by atoms with Crippen LogP contribution in [0.4, 0.5) is 0 Å². The van der Waals surface area contributed by atoms with Gasteiger partial charge in [0.25, 0.3) is 0 Å². The van der Waals surface area contributed by atoms with E-state index in [-0.39, 0.29) is 0 Å². The summed E-state index contributed by atoms with van der Waals surface area (Å²) in [4.78, 5) is 0. The zero-order valence-electron chi connectivity index (χ0n) is 9.85. The summed E-state index contributed by atoms with van der Waals surface area (Å²) >= 11 is 0. The van der Waals surface area contributed by atoms with E-state index in [4.69, 9.17) is 0 Å². The molecule has 0 heteroatoms. The molecular weight excluding hydrogens is 156 g/mol. The van der Waals surface area contributed by atoms with Crippen molar-refractivity contribution in [1.29, 1.82) is 0 Å². The Morgan fingerprint density at radius 1 is 1.31 bits per heavy atom. The normalized spacial score (nSPS) is 12.7. The van der Waals surface area contributed by atoms with Gasteiger partial charge in [-0.15, -0.1) is 0 Å². The van der Waals surface area contributed by atoms with Crippen LogP contribution in [0.25, 0.3) is 0 Å². The summed E-state index contributed by atoms with van der Waals surface area (Å²) in [6.07, 6.45) is 8.63. The third kappa shape index (κ3) is 7.58. The first-order valence-electron chi connectivity index (χ1n) is 5.25. The number of hydrogen-bond donors (Lipinski definition) is 0. The monoisotopic (exact) mass is 180 g/mol. The average Bonchev–Trinajstić information content (AvgIpc) is 2.56. The van der Waals surface area contributed by atoms with Gasteiger partial charge in [-0.2, -0.15) is 0 Å². The van der Waals surface area contributed by atoms with Crippen molar-refractivity contribution in [2.24, 2.45) is 0 Å². The van der Waals surface area contributed by atoms with Gasteiger partial charge >= 0.3 is 0 Å². The third-order valence-electron chi connectivity index (χ3n) is 1.44. The van der Waals surface area contributed by atoms with E-state index in [0.717, 1.165) is 6.42 Å². The van der Waals surface area contributed by atoms with Crippen LogP contribution in [0, 0.1) is 0 Å². The fraction of sp³-hybridized carbons (Fsp3) is 0.538. The fourth-order valence-corrected chi connectivity index (χ4v) is 0.886. The van der Waals surface area contributed by atoms with Crippen molar-refractivity contribution >= 4 is 0 Å². The van der Waals surface area contributed by atoms with Crippen LogP contribution in [0.1, 0.15) is 47.5 Å². The van der Waals surface area contributed by atoms with E-state index in [1.807, 2.05) is 19.9 Å². The molecule has 1 aliphatic rings. The van der Waals surface area contributed by atoms with Gasteiger partial charge in [-0.3, -0.25) is 0 Å². The predicted molar refractivity (Wildman–Crippen MR) is 64.0 cm³/mol. The van der Waals surface area contributed by atoms with Gasteiger partial charge in [0.1, 0.15) is 0 Å². The van der Waals surface area contributed by atoms with Crippen molar-refractivity contribution in [2.45, 2.75) is 47.5 Å². The summed E-state index contributed by atoms with van der Waals surface area (Å²) in [7, 11) is 0. The molecular formula is C13H24. The van der Waals surface area contributed by atoms with Gasteiger partial charge in [-0.05, 0) is 24.5 Å². The van der Waals surface area contributed by atoms with Crippen LogP contribution >= 0.6 is 0 Å². The first-order chi connectivity index (χ1) is 6.26. The van der Waals surface area contributed by atoms with Crippen LogP contribution in [-0.4, -0.2) is 0 Å². The Morgan fingerprint density at radius 3 is 1.92 bits per heavy atom. The molecule has 0 fully saturated rings. The molecule has 1 aliphatic carbocycles. The van der Waals surface area contributed by atoms with Gasteiger partial charge in [0.15, 0.2) is 0 Å². The Kier molecular flexibility index (Phi) is 12.7. The molecule has 1 rings (SSSR count). The highest BCUT2D eigenvalue weighted by Crippen LogP contribution is 2.17. The van der Waals surface area contributed by atoms with E-state index in [2.05, 4.69) is 39.5 Å². The van der Waals surface area contributed by atoms with Crippen LogP contribution in [-0.2, 0) is 0 Å². The van der Waals surface area contributed by atoms with Crippen molar-refractivity contribution in [3.05, 3.63) is 36.0 Å². The maximum Gasteiger partial charge on any atom is -0.0154 e. The molecule has 0 spiro atoms. The van der Waals surface area contributed by atoms with Gasteiger partial charge in [0, 0.05) is 0 Å². The SMILES string of the molecule is C=CC1=CCC=C1C.CC.CCC. The second-order valence-electron chi connectivity index (χ2n) is 2.69. The molecule has 0 aromatic heterocycles. The number of allylic oxidation sites excluding steroid dienone is 5. The molecule has 0 nitrogen and oxygen atoms in total. The Bertz CT molecular complexity index is 170. The molecule has 0 amide bonds. The average molecular weight is 180 g/mol. The van der Waals surface area contributed by atoms with Crippen LogP contribution in [0.3, 0.4) is 0 Å². The summed E-state index contributed by atoms with van der Waals surface area (Å²) in [6.45, 7) is 14.0. The minimum Gasteiger partial charge on any atom is -0.0985 e. The molecule has 0 atom stereocenters. The zero-order chi connectivity index (χ0) is 10.7. The van der Waals surface area contributed by atoms with Crippen LogP contribution < -0.4 is 0 Å². The molecule has 76 valence electrons. The molecule has 0 bridgehead atoms. The Balaban J connectivity index is 0. The minimum absolute atomic E-state index is 1.09. The molecule has 0 aliphatic heterocycles. The molecule has 13 heavy (non-hydrogen) atoms. The predicted octanol–water partition coefficient (Wildman–Crippen LogP) is 4.89. The lowest BCUT2D eigenvalue weighted by Gasteiger charge is -1.90. The lowest BCUT2D eigenvalue weighted by Crippen LogP contribution is -1.70. The molecule has 0 unspecified atom stereocenters. The fourth-order valence-electron chi connectivity index (χ4n) is 0.886. The van der Waals surface area contributed by atoms with Gasteiger partial charge in [0.2, 0.25) is 0 Å². The molecule has 0 heterocycles. The van der Waals surface area contributed by atoms with Crippen molar-refractivity contribution in [1.82, 2.24) is 0 Å². The third-order valence-corrected chi connectivity index (χ3v) is 1.44. The second-order valence-corrected chi connectivity index (χ2v) is 2.69. The zero-order valence-corrected chi connectivity index (χ0v) is 9.85. The summed E-state index contributed by atoms with van der Waals surface area (Å²) in [6, 6.07) is 0. The van der Waals surface area contributed by atoms with Crippen LogP contribution in [0.2, 0.25) is 0 Å². The van der Waals surface area contributed by atoms with Crippen molar-refractivity contribution in [3.8, 4) is 0 Å². The Labute approximate surface area is 84.1 Å². The summed E-state index contributed by atoms with van der Waals surface area (Å²) in [5, 5.41) is 0. The van der Waals surface area contributed by atoms with Crippen molar-refractivity contribution < 1.29 is 0 Å². The molecule has 0 aromatic carbocycles. The van der Waals surface area contributed by atoms with Crippen LogP contribution in [0.5, 0.6) is 0 Å². The van der Waals surface area contributed by atoms with Gasteiger partial charge in [-0.25, -0.2) is 0 Å². The van der Waals surface area contributed by atoms with Gasteiger partial charge in [0.05, 0.1) is 0 Å². The molecule has 0 radical (unpaired) electrons. The second kappa shape index (κ2) is 11.2. The first-order valence-corrected chi connectivity index (χ1v) is 5.25. The Morgan fingerprint density at radius 2 is 1.77 bits per heavy atom.